The molecule has 0 aliphatic heterocycles. The molecular formula is C28H25F3N6O. The molecule has 4 heterocycles. The van der Waals surface area contributed by atoms with E-state index in [0.717, 1.165) is 45.2 Å². The number of aromatic nitrogens is 4. The van der Waals surface area contributed by atoms with Crippen LogP contribution < -0.4 is 5.32 Å². The van der Waals surface area contributed by atoms with E-state index in [1.54, 1.807) is 24.5 Å². The van der Waals surface area contributed by atoms with Crippen molar-refractivity contribution in [3.63, 3.8) is 0 Å². The van der Waals surface area contributed by atoms with Gasteiger partial charge in [0, 0.05) is 70.1 Å². The number of carbonyl (C=O) groups excluding carboxylic acids is 1. The van der Waals surface area contributed by atoms with E-state index in [2.05, 4.69) is 25.3 Å². The predicted molar refractivity (Wildman–Crippen MR) is 143 cm³/mol. The number of anilines is 1. The quantitative estimate of drug-likeness (QED) is 0.235. The van der Waals surface area contributed by atoms with E-state index in [-0.39, 0.29) is 11.3 Å². The number of hydrogen-bond acceptors (Lipinski definition) is 4. The fourth-order valence-corrected chi connectivity index (χ4v) is 4.37. The number of fused-ring (bicyclic) bond motifs is 2. The van der Waals surface area contributed by atoms with Gasteiger partial charge in [0.1, 0.15) is 5.65 Å². The Hall–Kier alpha value is -4.44. The minimum atomic E-state index is -4.60. The standard InChI is InChI=1S/C28H25F3N6O/c1-16-7-21-23(13-32-15-25(21)35-16)24-14-34-27-22(24)10-18(12-33-27)17-8-19(28(29,30)31)11-20(9-17)36-26(38)5-4-6-37(2)3/h4-5,7-15,35H,6H2,1-3H3,(H,33,34)(H,36,38)/b5-4+. The number of benzene rings is 1. The summed E-state index contributed by atoms with van der Waals surface area (Å²) < 4.78 is 41.3. The van der Waals surface area contributed by atoms with Crippen LogP contribution in [-0.2, 0) is 11.0 Å². The molecule has 0 saturated carbocycles. The first kappa shape index (κ1) is 25.2. The average Bonchev–Trinajstić information content (AvgIpc) is 3.45. The van der Waals surface area contributed by atoms with E-state index in [1.165, 1.54) is 18.3 Å². The topological polar surface area (TPSA) is 89.7 Å². The van der Waals surface area contributed by atoms with Gasteiger partial charge in [-0.1, -0.05) is 6.08 Å². The number of pyridine rings is 2. The third-order valence-electron chi connectivity index (χ3n) is 6.10. The summed E-state index contributed by atoms with van der Waals surface area (Å²) in [6.07, 6.45) is 5.18. The van der Waals surface area contributed by atoms with Crippen molar-refractivity contribution in [1.82, 2.24) is 24.8 Å². The molecule has 0 aliphatic carbocycles. The largest absolute Gasteiger partial charge is 0.416 e. The fraction of sp³-hybridized carbons (Fsp3) is 0.179. The lowest BCUT2D eigenvalue weighted by molar-refractivity contribution is -0.137. The number of H-pyrrole nitrogens is 2. The summed E-state index contributed by atoms with van der Waals surface area (Å²) in [5.74, 6) is -0.513. The summed E-state index contributed by atoms with van der Waals surface area (Å²) in [5, 5.41) is 4.27. The second-order valence-electron chi connectivity index (χ2n) is 9.37. The van der Waals surface area contributed by atoms with Gasteiger partial charge in [-0.2, -0.15) is 13.2 Å². The van der Waals surface area contributed by atoms with E-state index in [9.17, 15) is 18.0 Å². The Morgan fingerprint density at radius 3 is 2.61 bits per heavy atom. The predicted octanol–water partition coefficient (Wildman–Crippen LogP) is 6.16. The molecule has 0 aliphatic rings. The molecule has 0 fully saturated rings. The third-order valence-corrected chi connectivity index (χ3v) is 6.10. The molecule has 0 bridgehead atoms. The zero-order valence-electron chi connectivity index (χ0n) is 20.9. The zero-order chi connectivity index (χ0) is 27.0. The molecule has 194 valence electrons. The molecule has 0 unspecified atom stereocenters. The van der Waals surface area contributed by atoms with Crippen LogP contribution in [0.1, 0.15) is 11.3 Å². The lowest BCUT2D eigenvalue weighted by atomic mass is 9.99. The number of nitrogens with zero attached hydrogens (tertiary/aromatic N) is 3. The van der Waals surface area contributed by atoms with Gasteiger partial charge in [-0.15, -0.1) is 0 Å². The van der Waals surface area contributed by atoms with Gasteiger partial charge in [-0.25, -0.2) is 4.98 Å². The van der Waals surface area contributed by atoms with Crippen molar-refractivity contribution in [2.75, 3.05) is 26.0 Å². The summed E-state index contributed by atoms with van der Waals surface area (Å²) in [7, 11) is 3.69. The van der Waals surface area contributed by atoms with Gasteiger partial charge in [-0.3, -0.25) is 9.78 Å². The van der Waals surface area contributed by atoms with E-state index in [1.807, 2.05) is 38.2 Å². The number of alkyl halides is 3. The normalized spacial score (nSPS) is 12.3. The van der Waals surface area contributed by atoms with Crippen molar-refractivity contribution in [2.45, 2.75) is 13.1 Å². The van der Waals surface area contributed by atoms with Crippen LogP contribution >= 0.6 is 0 Å². The Morgan fingerprint density at radius 1 is 1.03 bits per heavy atom. The van der Waals surface area contributed by atoms with Crippen LogP contribution in [0, 0.1) is 6.92 Å². The molecule has 7 nitrogen and oxygen atoms in total. The Balaban J connectivity index is 1.57. The number of likely N-dealkylation sites (N-methyl/N-ethyl adjacent to an activating group) is 1. The molecule has 5 aromatic rings. The number of aryl methyl sites for hydroxylation is 1. The number of aromatic amines is 2. The number of rotatable bonds is 6. The van der Waals surface area contributed by atoms with Gasteiger partial charge in [0.15, 0.2) is 0 Å². The highest BCUT2D eigenvalue weighted by molar-refractivity contribution is 6.04. The van der Waals surface area contributed by atoms with Crippen molar-refractivity contribution >= 4 is 33.5 Å². The van der Waals surface area contributed by atoms with E-state index >= 15 is 0 Å². The first-order valence-electron chi connectivity index (χ1n) is 11.8. The molecule has 38 heavy (non-hydrogen) atoms. The third kappa shape index (κ3) is 5.16. The number of carbonyl (C=O) groups is 1. The van der Waals surface area contributed by atoms with Gasteiger partial charge < -0.3 is 20.2 Å². The van der Waals surface area contributed by atoms with Crippen molar-refractivity contribution in [3.05, 3.63) is 78.5 Å². The van der Waals surface area contributed by atoms with E-state index in [0.29, 0.717) is 17.8 Å². The summed E-state index contributed by atoms with van der Waals surface area (Å²) in [6.45, 7) is 2.48. The first-order chi connectivity index (χ1) is 18.1. The van der Waals surface area contributed by atoms with Crippen molar-refractivity contribution in [3.8, 4) is 22.3 Å². The smallest absolute Gasteiger partial charge is 0.357 e. The molecule has 1 amide bonds. The average molecular weight is 519 g/mol. The van der Waals surface area contributed by atoms with Crippen molar-refractivity contribution < 1.29 is 18.0 Å². The number of amides is 1. The molecule has 4 aromatic heterocycles. The maximum Gasteiger partial charge on any atom is 0.416 e. The summed E-state index contributed by atoms with van der Waals surface area (Å²) >= 11 is 0. The Bertz CT molecular complexity index is 1680. The van der Waals surface area contributed by atoms with Crippen molar-refractivity contribution in [2.24, 2.45) is 0 Å². The fourth-order valence-electron chi connectivity index (χ4n) is 4.37. The summed E-state index contributed by atoms with van der Waals surface area (Å²) in [6, 6.07) is 7.32. The van der Waals surface area contributed by atoms with Crippen LogP contribution in [0.25, 0.3) is 44.2 Å². The molecule has 0 saturated heterocycles. The van der Waals surface area contributed by atoms with Gasteiger partial charge in [0.25, 0.3) is 0 Å². The second kappa shape index (κ2) is 9.79. The Morgan fingerprint density at radius 2 is 1.84 bits per heavy atom. The number of halogens is 3. The molecule has 1 aromatic carbocycles. The second-order valence-corrected chi connectivity index (χ2v) is 9.37. The number of nitrogens with one attached hydrogen (secondary N) is 3. The van der Waals surface area contributed by atoms with Gasteiger partial charge >= 0.3 is 6.18 Å². The van der Waals surface area contributed by atoms with Crippen molar-refractivity contribution in [1.29, 1.82) is 0 Å². The summed E-state index contributed by atoms with van der Waals surface area (Å²) in [5.41, 5.74) is 4.11. The van der Waals surface area contributed by atoms with Gasteiger partial charge in [0.2, 0.25) is 5.91 Å². The maximum atomic E-state index is 13.8. The minimum absolute atomic E-state index is 0.0421. The highest BCUT2D eigenvalue weighted by atomic mass is 19.4. The van der Waals surface area contributed by atoms with Crippen LogP contribution in [0.4, 0.5) is 18.9 Å². The lowest BCUT2D eigenvalue weighted by Crippen LogP contribution is -2.13. The van der Waals surface area contributed by atoms with Crippen LogP contribution in [0.5, 0.6) is 0 Å². The highest BCUT2D eigenvalue weighted by Gasteiger charge is 2.31. The van der Waals surface area contributed by atoms with Crippen LogP contribution in [0.15, 0.2) is 67.3 Å². The SMILES string of the molecule is Cc1cc2c(-c3c[nH]c4ncc(-c5cc(NC(=O)/C=C/CN(C)C)cc(C(F)(F)F)c5)cc34)cncc2[nH]1. The van der Waals surface area contributed by atoms with E-state index in [4.69, 9.17) is 0 Å². The molecule has 10 heteroatoms. The Kier molecular flexibility index (Phi) is 6.50. The van der Waals surface area contributed by atoms with Crippen LogP contribution in [0.2, 0.25) is 0 Å². The lowest BCUT2D eigenvalue weighted by Gasteiger charge is -2.13. The maximum absolute atomic E-state index is 13.8. The highest BCUT2D eigenvalue weighted by Crippen LogP contribution is 2.38. The van der Waals surface area contributed by atoms with E-state index < -0.39 is 17.6 Å². The first-order valence-corrected chi connectivity index (χ1v) is 11.8. The molecule has 0 atom stereocenters. The minimum Gasteiger partial charge on any atom is -0.357 e. The van der Waals surface area contributed by atoms with Gasteiger partial charge in [-0.05, 0) is 56.9 Å². The molecule has 0 radical (unpaired) electrons. The van der Waals surface area contributed by atoms with Gasteiger partial charge in [0.05, 0.1) is 17.3 Å². The van der Waals surface area contributed by atoms with Crippen LogP contribution in [-0.4, -0.2) is 51.4 Å². The summed E-state index contributed by atoms with van der Waals surface area (Å²) in [4.78, 5) is 29.4. The molecule has 5 rings (SSSR count). The zero-order valence-corrected chi connectivity index (χ0v) is 20.9. The molecular weight excluding hydrogens is 493 g/mol. The molecule has 0 spiro atoms. The molecule has 3 N–H and O–H groups in total. The Labute approximate surface area is 216 Å². The number of hydrogen-bond donors (Lipinski definition) is 3. The van der Waals surface area contributed by atoms with Crippen LogP contribution in [0.3, 0.4) is 0 Å². The monoisotopic (exact) mass is 518 g/mol.